The fraction of sp³-hybridized carbons (Fsp3) is 0.200. The molecular weight excluding hydrogens is 229 g/mol. The van der Waals surface area contributed by atoms with Gasteiger partial charge in [-0.3, -0.25) is 0 Å². The van der Waals surface area contributed by atoms with E-state index in [1.54, 1.807) is 12.1 Å². The Kier molecular flexibility index (Phi) is 2.76. The zero-order valence-corrected chi connectivity index (χ0v) is 9.90. The van der Waals surface area contributed by atoms with Crippen LogP contribution in [0.5, 0.6) is 5.75 Å². The van der Waals surface area contributed by atoms with E-state index in [2.05, 4.69) is 0 Å². The van der Waals surface area contributed by atoms with Gasteiger partial charge < -0.3 is 10.5 Å². The first-order chi connectivity index (χ1) is 8.79. The summed E-state index contributed by atoms with van der Waals surface area (Å²) in [6, 6.07) is 12.6. The molecule has 0 bridgehead atoms. The first-order valence-corrected chi connectivity index (χ1v) is 6.03. The molecule has 0 unspecified atom stereocenters. The van der Waals surface area contributed by atoms with Gasteiger partial charge in [0.1, 0.15) is 17.7 Å². The van der Waals surface area contributed by atoms with Crippen molar-refractivity contribution >= 4 is 0 Å². The number of fused-ring (bicyclic) bond motifs is 1. The number of halogens is 1. The van der Waals surface area contributed by atoms with Crippen molar-refractivity contribution in [3.8, 4) is 16.9 Å². The summed E-state index contributed by atoms with van der Waals surface area (Å²) in [6.45, 7) is 0.478. The van der Waals surface area contributed by atoms with Crippen molar-refractivity contribution in [1.29, 1.82) is 0 Å². The zero-order valence-electron chi connectivity index (χ0n) is 9.90. The van der Waals surface area contributed by atoms with E-state index in [9.17, 15) is 4.39 Å². The third-order valence-corrected chi connectivity index (χ3v) is 3.26. The summed E-state index contributed by atoms with van der Waals surface area (Å²) in [4.78, 5) is 0. The van der Waals surface area contributed by atoms with Crippen LogP contribution in [0.15, 0.2) is 42.5 Å². The molecule has 0 spiro atoms. The van der Waals surface area contributed by atoms with E-state index in [0.717, 1.165) is 23.3 Å². The van der Waals surface area contributed by atoms with Crippen LogP contribution in [0, 0.1) is 5.82 Å². The summed E-state index contributed by atoms with van der Waals surface area (Å²) in [5.74, 6) is 0.545. The smallest absolute Gasteiger partial charge is 0.131 e. The Morgan fingerprint density at radius 2 is 1.89 bits per heavy atom. The van der Waals surface area contributed by atoms with Gasteiger partial charge >= 0.3 is 0 Å². The summed E-state index contributed by atoms with van der Waals surface area (Å²) < 4.78 is 19.6. The summed E-state index contributed by atoms with van der Waals surface area (Å²) in [6.07, 6.45) is 0.807. The molecular formula is C15H14FNO. The highest BCUT2D eigenvalue weighted by molar-refractivity contribution is 5.73. The first kappa shape index (κ1) is 11.2. The van der Waals surface area contributed by atoms with E-state index < -0.39 is 0 Å². The number of para-hydroxylation sites is 1. The molecule has 3 rings (SSSR count). The van der Waals surface area contributed by atoms with Crippen LogP contribution in [0.3, 0.4) is 0 Å². The maximum absolute atomic E-state index is 13.8. The fourth-order valence-electron chi connectivity index (χ4n) is 2.36. The van der Waals surface area contributed by atoms with Crippen LogP contribution in [0.25, 0.3) is 11.1 Å². The lowest BCUT2D eigenvalue weighted by molar-refractivity contribution is 0.242. The van der Waals surface area contributed by atoms with Crippen molar-refractivity contribution in [2.45, 2.75) is 12.5 Å². The Balaban J connectivity index is 2.11. The number of rotatable bonds is 2. The SMILES string of the molecule is NC[C@@H]1Cc2cccc(-c3ccccc3F)c2O1. The molecule has 1 aliphatic rings. The predicted molar refractivity (Wildman–Crippen MR) is 69.0 cm³/mol. The Bertz CT molecular complexity index is 582. The van der Waals surface area contributed by atoms with Crippen LogP contribution < -0.4 is 10.5 Å². The maximum atomic E-state index is 13.8. The number of hydrogen-bond donors (Lipinski definition) is 1. The van der Waals surface area contributed by atoms with Crippen molar-refractivity contribution in [3.05, 3.63) is 53.8 Å². The normalized spacial score (nSPS) is 17.3. The molecule has 0 aromatic heterocycles. The van der Waals surface area contributed by atoms with E-state index in [4.69, 9.17) is 10.5 Å². The van der Waals surface area contributed by atoms with Crippen LogP contribution in [-0.4, -0.2) is 12.6 Å². The third kappa shape index (κ3) is 1.77. The largest absolute Gasteiger partial charge is 0.488 e. The molecule has 92 valence electrons. The Morgan fingerprint density at radius 3 is 2.67 bits per heavy atom. The first-order valence-electron chi connectivity index (χ1n) is 6.03. The molecule has 2 nitrogen and oxygen atoms in total. The number of benzene rings is 2. The minimum Gasteiger partial charge on any atom is -0.488 e. The Hall–Kier alpha value is -1.87. The van der Waals surface area contributed by atoms with Crippen LogP contribution in [0.4, 0.5) is 4.39 Å². The molecule has 2 aromatic carbocycles. The lowest BCUT2D eigenvalue weighted by atomic mass is 10.0. The van der Waals surface area contributed by atoms with Gasteiger partial charge in [-0.15, -0.1) is 0 Å². The van der Waals surface area contributed by atoms with Crippen LogP contribution >= 0.6 is 0 Å². The second kappa shape index (κ2) is 4.42. The molecule has 0 saturated heterocycles. The molecule has 2 N–H and O–H groups in total. The van der Waals surface area contributed by atoms with E-state index >= 15 is 0 Å². The fourth-order valence-corrected chi connectivity index (χ4v) is 2.36. The number of ether oxygens (including phenoxy) is 1. The van der Waals surface area contributed by atoms with Gasteiger partial charge in [0, 0.05) is 24.1 Å². The molecule has 0 aliphatic carbocycles. The van der Waals surface area contributed by atoms with Gasteiger partial charge in [0.05, 0.1) is 0 Å². The van der Waals surface area contributed by atoms with Gasteiger partial charge in [-0.25, -0.2) is 4.39 Å². The average Bonchev–Trinajstić information content (AvgIpc) is 2.82. The summed E-state index contributed by atoms with van der Waals surface area (Å²) in [5, 5.41) is 0. The van der Waals surface area contributed by atoms with Gasteiger partial charge in [0.15, 0.2) is 0 Å². The van der Waals surface area contributed by atoms with Gasteiger partial charge in [0.2, 0.25) is 0 Å². The minimum atomic E-state index is -0.231. The van der Waals surface area contributed by atoms with Gasteiger partial charge in [-0.05, 0) is 11.6 Å². The zero-order chi connectivity index (χ0) is 12.5. The summed E-state index contributed by atoms with van der Waals surface area (Å²) >= 11 is 0. The molecule has 18 heavy (non-hydrogen) atoms. The highest BCUT2D eigenvalue weighted by Gasteiger charge is 2.25. The molecule has 2 aromatic rings. The second-order valence-corrected chi connectivity index (χ2v) is 4.45. The quantitative estimate of drug-likeness (QED) is 0.880. The maximum Gasteiger partial charge on any atom is 0.131 e. The van der Waals surface area contributed by atoms with Crippen molar-refractivity contribution in [2.24, 2.45) is 5.73 Å². The molecule has 1 heterocycles. The average molecular weight is 243 g/mol. The lowest BCUT2D eigenvalue weighted by Crippen LogP contribution is -2.24. The topological polar surface area (TPSA) is 35.2 Å². The van der Waals surface area contributed by atoms with Gasteiger partial charge in [-0.1, -0.05) is 36.4 Å². The number of nitrogens with two attached hydrogens (primary N) is 1. The molecule has 3 heteroatoms. The highest BCUT2D eigenvalue weighted by atomic mass is 19.1. The van der Waals surface area contributed by atoms with Crippen molar-refractivity contribution in [1.82, 2.24) is 0 Å². The Labute approximate surface area is 105 Å². The second-order valence-electron chi connectivity index (χ2n) is 4.45. The van der Waals surface area contributed by atoms with E-state index in [1.165, 1.54) is 6.07 Å². The monoisotopic (exact) mass is 243 g/mol. The van der Waals surface area contributed by atoms with E-state index in [1.807, 2.05) is 24.3 Å². The van der Waals surface area contributed by atoms with Crippen LogP contribution in [0.2, 0.25) is 0 Å². The van der Waals surface area contributed by atoms with Gasteiger partial charge in [-0.2, -0.15) is 0 Å². The predicted octanol–water partition coefficient (Wildman–Crippen LogP) is 2.75. The number of hydrogen-bond acceptors (Lipinski definition) is 2. The highest BCUT2D eigenvalue weighted by Crippen LogP contribution is 2.39. The van der Waals surface area contributed by atoms with Crippen LogP contribution in [0.1, 0.15) is 5.56 Å². The third-order valence-electron chi connectivity index (χ3n) is 3.26. The lowest BCUT2D eigenvalue weighted by Gasteiger charge is -2.11. The van der Waals surface area contributed by atoms with E-state index in [0.29, 0.717) is 12.1 Å². The molecule has 0 amide bonds. The molecule has 1 atom stereocenters. The van der Waals surface area contributed by atoms with Crippen molar-refractivity contribution in [2.75, 3.05) is 6.54 Å². The van der Waals surface area contributed by atoms with E-state index in [-0.39, 0.29) is 11.9 Å². The standard InChI is InChI=1S/C15H14FNO/c16-14-7-2-1-5-12(14)13-6-3-4-10-8-11(9-17)18-15(10)13/h1-7,11H,8-9,17H2/t11-/m0/s1. The molecule has 0 radical (unpaired) electrons. The Morgan fingerprint density at radius 1 is 1.11 bits per heavy atom. The summed E-state index contributed by atoms with van der Waals surface area (Å²) in [7, 11) is 0. The van der Waals surface area contributed by atoms with Crippen LogP contribution in [-0.2, 0) is 6.42 Å². The molecule has 1 aliphatic heterocycles. The molecule has 0 fully saturated rings. The van der Waals surface area contributed by atoms with Gasteiger partial charge in [0.25, 0.3) is 0 Å². The minimum absolute atomic E-state index is 0.00734. The summed E-state index contributed by atoms with van der Waals surface area (Å²) in [5.41, 5.74) is 8.12. The van der Waals surface area contributed by atoms with Crippen molar-refractivity contribution < 1.29 is 9.13 Å². The van der Waals surface area contributed by atoms with Crippen molar-refractivity contribution in [3.63, 3.8) is 0 Å². The molecule has 0 saturated carbocycles.